The number of amides is 3. The molecular formula is C36H37N7O5S. The molecule has 0 radical (unpaired) electrons. The smallest absolute Gasteiger partial charge is 0.327 e. The van der Waals surface area contributed by atoms with Crippen molar-refractivity contribution in [1.82, 2.24) is 30.9 Å². The summed E-state index contributed by atoms with van der Waals surface area (Å²) in [5, 5.41) is 20.4. The average Bonchev–Trinajstić information content (AvgIpc) is 3.83. The lowest BCUT2D eigenvalue weighted by Gasteiger charge is -2.25. The Morgan fingerprint density at radius 2 is 0.959 bits per heavy atom. The second kappa shape index (κ2) is 14.7. The minimum atomic E-state index is -1.28. The molecule has 252 valence electrons. The maximum atomic E-state index is 14.2. The van der Waals surface area contributed by atoms with Crippen LogP contribution in [0.25, 0.3) is 32.7 Å². The van der Waals surface area contributed by atoms with Crippen molar-refractivity contribution < 1.29 is 24.3 Å². The van der Waals surface area contributed by atoms with Gasteiger partial charge in [-0.2, -0.15) is 12.6 Å². The third kappa shape index (κ3) is 7.47. The Bertz CT molecular complexity index is 2140. The molecule has 0 aliphatic carbocycles. The van der Waals surface area contributed by atoms with Gasteiger partial charge in [0.15, 0.2) is 0 Å². The molecule has 12 nitrogen and oxygen atoms in total. The van der Waals surface area contributed by atoms with E-state index in [0.29, 0.717) is 0 Å². The van der Waals surface area contributed by atoms with Gasteiger partial charge in [0.05, 0.1) is 6.04 Å². The maximum Gasteiger partial charge on any atom is 0.327 e. The third-order valence-corrected chi connectivity index (χ3v) is 9.08. The van der Waals surface area contributed by atoms with E-state index in [1.165, 1.54) is 0 Å². The van der Waals surface area contributed by atoms with Gasteiger partial charge in [0.25, 0.3) is 0 Å². The normalized spacial score (nSPS) is 13.9. The van der Waals surface area contributed by atoms with E-state index < -0.39 is 47.9 Å². The molecule has 0 fully saturated rings. The molecule has 0 aliphatic heterocycles. The second-order valence-electron chi connectivity index (χ2n) is 12.0. The largest absolute Gasteiger partial charge is 0.480 e. The van der Waals surface area contributed by atoms with Crippen LogP contribution in [0.15, 0.2) is 91.4 Å². The third-order valence-electron chi connectivity index (χ3n) is 8.71. The number of hydrogen-bond donors (Lipinski definition) is 9. The quantitative estimate of drug-likeness (QED) is 0.0793. The first kappa shape index (κ1) is 33.4. The molecule has 13 heteroatoms. The van der Waals surface area contributed by atoms with Crippen LogP contribution < -0.4 is 21.7 Å². The molecule has 3 amide bonds. The van der Waals surface area contributed by atoms with Crippen molar-refractivity contribution >= 4 is 69.0 Å². The molecule has 6 aromatic rings. The lowest BCUT2D eigenvalue weighted by molar-refractivity contribution is -0.141. The number of carboxylic acid groups (broad SMARTS) is 1. The fraction of sp³-hybridized carbons (Fsp3) is 0.222. The van der Waals surface area contributed by atoms with Crippen LogP contribution in [-0.2, 0) is 38.4 Å². The number of carbonyl (C=O) groups is 4. The monoisotopic (exact) mass is 679 g/mol. The minimum Gasteiger partial charge on any atom is -0.480 e. The predicted octanol–water partition coefficient (Wildman–Crippen LogP) is 2.95. The number of H-pyrrole nitrogens is 3. The molecule has 0 aliphatic rings. The van der Waals surface area contributed by atoms with Crippen molar-refractivity contribution in [3.63, 3.8) is 0 Å². The fourth-order valence-corrected chi connectivity index (χ4v) is 6.35. The van der Waals surface area contributed by atoms with E-state index in [2.05, 4.69) is 43.5 Å². The molecule has 9 N–H and O–H groups in total. The van der Waals surface area contributed by atoms with Gasteiger partial charge < -0.3 is 41.7 Å². The van der Waals surface area contributed by atoms with Gasteiger partial charge >= 0.3 is 5.97 Å². The topological polar surface area (TPSA) is 198 Å². The highest BCUT2D eigenvalue weighted by Crippen LogP contribution is 2.22. The maximum absolute atomic E-state index is 14.2. The van der Waals surface area contributed by atoms with Crippen LogP contribution in [0.1, 0.15) is 16.7 Å². The lowest BCUT2D eigenvalue weighted by Crippen LogP contribution is -2.58. The molecule has 4 atom stereocenters. The number of aliphatic carboxylic acids is 1. The summed E-state index contributed by atoms with van der Waals surface area (Å²) in [6, 6.07) is 18.2. The molecular weight excluding hydrogens is 643 g/mol. The minimum absolute atomic E-state index is 0.0499. The van der Waals surface area contributed by atoms with Crippen LogP contribution >= 0.6 is 12.6 Å². The van der Waals surface area contributed by atoms with Crippen LogP contribution in [0, 0.1) is 0 Å². The number of carboxylic acids is 1. The summed E-state index contributed by atoms with van der Waals surface area (Å²) < 4.78 is 0. The van der Waals surface area contributed by atoms with Gasteiger partial charge in [-0.25, -0.2) is 4.79 Å². The Labute approximate surface area is 286 Å². The van der Waals surface area contributed by atoms with Gasteiger partial charge in [-0.15, -0.1) is 0 Å². The number of carbonyl (C=O) groups excluding carboxylic acids is 3. The van der Waals surface area contributed by atoms with Crippen LogP contribution in [0.3, 0.4) is 0 Å². The Balaban J connectivity index is 1.27. The molecule has 0 unspecified atom stereocenters. The van der Waals surface area contributed by atoms with E-state index in [-0.39, 0.29) is 25.0 Å². The van der Waals surface area contributed by atoms with Gasteiger partial charge in [0.2, 0.25) is 17.7 Å². The van der Waals surface area contributed by atoms with Crippen molar-refractivity contribution in [3.05, 3.63) is 108 Å². The zero-order chi connectivity index (χ0) is 34.5. The number of aromatic amines is 3. The Kier molecular flexibility index (Phi) is 10.0. The molecule has 3 heterocycles. The number of rotatable bonds is 14. The standard InChI is InChI=1S/C36H37N7O5S/c37-26(13-20-16-38-27-10-4-1-7-23(20)27)33(44)41-30(14-21-17-39-28-11-5-2-8-24(21)28)34(45)42-31(35(46)43-32(19-49)36(47)48)15-22-18-40-29-12-6-3-9-25(22)29/h1-12,16-18,26,30-32,38-40,49H,13-15,19,37H2,(H,41,44)(H,42,45)(H,43,46)(H,47,48)/t26-,30-,31-,32-/m0/s1. The van der Waals surface area contributed by atoms with E-state index in [1.54, 1.807) is 12.4 Å². The number of nitrogens with two attached hydrogens (primary N) is 1. The molecule has 49 heavy (non-hydrogen) atoms. The highest BCUT2D eigenvalue weighted by Gasteiger charge is 2.31. The Morgan fingerprint density at radius 3 is 1.37 bits per heavy atom. The summed E-state index contributed by atoms with van der Waals surface area (Å²) in [5.41, 5.74) is 11.4. The van der Waals surface area contributed by atoms with Crippen LogP contribution in [-0.4, -0.2) is 73.7 Å². The van der Waals surface area contributed by atoms with Gasteiger partial charge in [-0.05, 0) is 41.3 Å². The van der Waals surface area contributed by atoms with Crippen LogP contribution in [0.5, 0.6) is 0 Å². The average molecular weight is 680 g/mol. The number of benzene rings is 3. The molecule has 3 aromatic carbocycles. The number of fused-ring (bicyclic) bond motifs is 3. The molecule has 0 bridgehead atoms. The SMILES string of the molecule is N[C@@H](Cc1c[nH]c2ccccc12)C(=O)N[C@@H](Cc1c[nH]c2ccccc12)C(=O)N[C@@H](Cc1c[nH]c2ccccc12)C(=O)N[C@@H](CS)C(=O)O. The summed E-state index contributed by atoms with van der Waals surface area (Å²) in [6.45, 7) is 0. The summed E-state index contributed by atoms with van der Waals surface area (Å²) in [5.74, 6) is -3.27. The molecule has 0 saturated heterocycles. The summed E-state index contributed by atoms with van der Waals surface area (Å²) in [6.07, 6.45) is 5.72. The van der Waals surface area contributed by atoms with Gasteiger partial charge in [0.1, 0.15) is 18.1 Å². The first-order valence-corrected chi connectivity index (χ1v) is 16.5. The zero-order valence-corrected chi connectivity index (χ0v) is 27.3. The summed E-state index contributed by atoms with van der Waals surface area (Å²) in [4.78, 5) is 62.6. The molecule has 6 rings (SSSR count). The lowest BCUT2D eigenvalue weighted by atomic mass is 10.0. The summed E-state index contributed by atoms with van der Waals surface area (Å²) in [7, 11) is 0. The van der Waals surface area contributed by atoms with Crippen molar-refractivity contribution in [2.45, 2.75) is 43.4 Å². The van der Waals surface area contributed by atoms with Crippen molar-refractivity contribution in [3.8, 4) is 0 Å². The molecule has 0 spiro atoms. The number of nitrogens with one attached hydrogen (secondary N) is 6. The van der Waals surface area contributed by atoms with Crippen LogP contribution in [0.2, 0.25) is 0 Å². The number of aromatic nitrogens is 3. The van der Waals surface area contributed by atoms with Gasteiger partial charge in [0, 0.05) is 69.9 Å². The number of hydrogen-bond acceptors (Lipinski definition) is 6. The Morgan fingerprint density at radius 1 is 0.592 bits per heavy atom. The van der Waals surface area contributed by atoms with Gasteiger partial charge in [-0.1, -0.05) is 54.6 Å². The first-order chi connectivity index (χ1) is 23.7. The van der Waals surface area contributed by atoms with Crippen molar-refractivity contribution in [2.24, 2.45) is 5.73 Å². The van der Waals surface area contributed by atoms with Crippen molar-refractivity contribution in [2.75, 3.05) is 5.75 Å². The zero-order valence-electron chi connectivity index (χ0n) is 26.4. The fourth-order valence-electron chi connectivity index (χ4n) is 6.10. The first-order valence-electron chi connectivity index (χ1n) is 15.9. The molecule has 3 aromatic heterocycles. The Hall–Kier alpha value is -5.53. The summed E-state index contributed by atoms with van der Waals surface area (Å²) >= 11 is 4.07. The number of thiol groups is 1. The van der Waals surface area contributed by atoms with E-state index in [1.807, 2.05) is 79.0 Å². The van der Waals surface area contributed by atoms with Gasteiger partial charge in [-0.3, -0.25) is 14.4 Å². The highest BCUT2D eigenvalue weighted by molar-refractivity contribution is 7.80. The van der Waals surface area contributed by atoms with E-state index in [9.17, 15) is 24.3 Å². The molecule has 0 saturated carbocycles. The highest BCUT2D eigenvalue weighted by atomic mass is 32.1. The van der Waals surface area contributed by atoms with E-state index >= 15 is 0 Å². The van der Waals surface area contributed by atoms with Crippen LogP contribution in [0.4, 0.5) is 0 Å². The van der Waals surface area contributed by atoms with Crippen molar-refractivity contribution in [1.29, 1.82) is 0 Å². The number of para-hydroxylation sites is 3. The second-order valence-corrected chi connectivity index (χ2v) is 12.4. The van der Waals surface area contributed by atoms with E-state index in [0.717, 1.165) is 49.4 Å². The van der Waals surface area contributed by atoms with E-state index in [4.69, 9.17) is 5.73 Å². The predicted molar refractivity (Wildman–Crippen MR) is 191 cm³/mol.